The van der Waals surface area contributed by atoms with Gasteiger partial charge in [0, 0.05) is 25.5 Å². The highest BCUT2D eigenvalue weighted by Gasteiger charge is 2.10. The molecule has 0 saturated carbocycles. The van der Waals surface area contributed by atoms with Crippen molar-refractivity contribution in [2.45, 2.75) is 19.4 Å². The Morgan fingerprint density at radius 2 is 2.40 bits per heavy atom. The number of ether oxygens (including phenoxy) is 1. The number of halogens is 1. The number of aromatic nitrogens is 1. The molecule has 0 saturated heterocycles. The van der Waals surface area contributed by atoms with Crippen molar-refractivity contribution < 1.29 is 9.13 Å². The van der Waals surface area contributed by atoms with Crippen molar-refractivity contribution in [3.63, 3.8) is 0 Å². The normalized spacial score (nSPS) is 12.7. The molecule has 0 aliphatic heterocycles. The highest BCUT2D eigenvalue weighted by Crippen LogP contribution is 2.15. The van der Waals surface area contributed by atoms with Gasteiger partial charge in [0.1, 0.15) is 5.82 Å². The van der Waals surface area contributed by atoms with E-state index in [-0.39, 0.29) is 11.9 Å². The molecule has 1 aromatic rings. The Labute approximate surface area is 88.6 Å². The van der Waals surface area contributed by atoms with Crippen LogP contribution >= 0.6 is 0 Å². The molecule has 0 amide bonds. The molecule has 1 atom stereocenters. The summed E-state index contributed by atoms with van der Waals surface area (Å²) in [7, 11) is 0. The number of nitrogens with two attached hydrogens (primary N) is 1. The molecule has 84 valence electrons. The summed E-state index contributed by atoms with van der Waals surface area (Å²) >= 11 is 0. The zero-order valence-electron chi connectivity index (χ0n) is 8.74. The van der Waals surface area contributed by atoms with Gasteiger partial charge in [-0.05, 0) is 25.0 Å². The second-order valence-corrected chi connectivity index (χ2v) is 3.14. The Bertz CT molecular complexity index is 296. The fraction of sp³-hybridized carbons (Fsp3) is 0.500. The third kappa shape index (κ3) is 3.91. The lowest BCUT2D eigenvalue weighted by molar-refractivity contribution is 0.136. The topological polar surface area (TPSA) is 60.2 Å². The summed E-state index contributed by atoms with van der Waals surface area (Å²) in [5.41, 5.74) is 3.35. The molecule has 15 heavy (non-hydrogen) atoms. The molecule has 0 aliphatic carbocycles. The number of nitrogens with zero attached hydrogens (tertiary/aromatic N) is 1. The first-order chi connectivity index (χ1) is 7.27. The Hall–Kier alpha value is -1.04. The van der Waals surface area contributed by atoms with Gasteiger partial charge in [-0.1, -0.05) is 0 Å². The van der Waals surface area contributed by atoms with E-state index in [1.165, 1.54) is 12.3 Å². The molecular weight excluding hydrogens is 197 g/mol. The third-order valence-corrected chi connectivity index (χ3v) is 2.08. The predicted molar refractivity (Wildman–Crippen MR) is 55.4 cm³/mol. The van der Waals surface area contributed by atoms with Gasteiger partial charge < -0.3 is 4.74 Å². The first-order valence-electron chi connectivity index (χ1n) is 4.92. The van der Waals surface area contributed by atoms with Crippen molar-refractivity contribution in [2.24, 2.45) is 5.84 Å². The predicted octanol–water partition coefficient (Wildman–Crippen LogP) is 1.15. The Morgan fingerprint density at radius 1 is 1.60 bits per heavy atom. The van der Waals surface area contributed by atoms with Crippen molar-refractivity contribution in [3.05, 3.63) is 29.8 Å². The van der Waals surface area contributed by atoms with Gasteiger partial charge in [-0.2, -0.15) is 0 Å². The van der Waals surface area contributed by atoms with Gasteiger partial charge in [0.15, 0.2) is 0 Å². The van der Waals surface area contributed by atoms with E-state index < -0.39 is 0 Å². The maximum atomic E-state index is 12.9. The Morgan fingerprint density at radius 3 is 3.00 bits per heavy atom. The first kappa shape index (κ1) is 12.0. The largest absolute Gasteiger partial charge is 0.382 e. The second-order valence-electron chi connectivity index (χ2n) is 3.14. The van der Waals surface area contributed by atoms with Crippen molar-refractivity contribution in [2.75, 3.05) is 13.2 Å². The summed E-state index contributed by atoms with van der Waals surface area (Å²) < 4.78 is 18.1. The molecule has 1 unspecified atom stereocenters. The van der Waals surface area contributed by atoms with Crippen LogP contribution in [0.25, 0.3) is 0 Å². The molecule has 0 aliphatic rings. The average molecular weight is 213 g/mol. The molecule has 3 N–H and O–H groups in total. The number of pyridine rings is 1. The Kier molecular flexibility index (Phi) is 5.17. The van der Waals surface area contributed by atoms with Crippen LogP contribution in [-0.2, 0) is 4.74 Å². The molecule has 1 heterocycles. The van der Waals surface area contributed by atoms with E-state index in [0.29, 0.717) is 19.6 Å². The molecule has 4 nitrogen and oxygen atoms in total. The minimum absolute atomic E-state index is 0.125. The van der Waals surface area contributed by atoms with Crippen LogP contribution in [0.1, 0.15) is 24.9 Å². The SMILES string of the molecule is CCOCCC(NN)c1cncc(F)c1. The van der Waals surface area contributed by atoms with Crippen LogP contribution in [0.3, 0.4) is 0 Å². The van der Waals surface area contributed by atoms with Crippen LogP contribution in [0.15, 0.2) is 18.5 Å². The molecular formula is C10H16FN3O. The molecule has 0 radical (unpaired) electrons. The van der Waals surface area contributed by atoms with Crippen LogP contribution in [0, 0.1) is 5.82 Å². The highest BCUT2D eigenvalue weighted by atomic mass is 19.1. The standard InChI is InChI=1S/C10H16FN3O/c1-2-15-4-3-10(14-12)8-5-9(11)7-13-6-8/h5-7,10,14H,2-4,12H2,1H3. The average Bonchev–Trinajstić information content (AvgIpc) is 2.24. The Balaban J connectivity index is 2.57. The fourth-order valence-electron chi connectivity index (χ4n) is 1.31. The van der Waals surface area contributed by atoms with Crippen LogP contribution in [0.4, 0.5) is 4.39 Å². The molecule has 0 aromatic carbocycles. The summed E-state index contributed by atoms with van der Waals surface area (Å²) in [5, 5.41) is 0. The number of rotatable bonds is 6. The summed E-state index contributed by atoms with van der Waals surface area (Å²) in [4.78, 5) is 3.77. The molecule has 1 rings (SSSR count). The van der Waals surface area contributed by atoms with E-state index in [4.69, 9.17) is 10.6 Å². The van der Waals surface area contributed by atoms with Gasteiger partial charge in [0.2, 0.25) is 0 Å². The summed E-state index contributed by atoms with van der Waals surface area (Å²) in [6.45, 7) is 3.18. The van der Waals surface area contributed by atoms with E-state index >= 15 is 0 Å². The van der Waals surface area contributed by atoms with Gasteiger partial charge in [-0.15, -0.1) is 0 Å². The zero-order chi connectivity index (χ0) is 11.1. The van der Waals surface area contributed by atoms with E-state index in [1.807, 2.05) is 6.92 Å². The van der Waals surface area contributed by atoms with Crippen molar-refractivity contribution in [1.29, 1.82) is 0 Å². The lowest BCUT2D eigenvalue weighted by Crippen LogP contribution is -2.29. The lowest BCUT2D eigenvalue weighted by atomic mass is 10.1. The van der Waals surface area contributed by atoms with Gasteiger partial charge in [0.05, 0.1) is 6.20 Å². The molecule has 1 aromatic heterocycles. The number of hydrogen-bond acceptors (Lipinski definition) is 4. The second kappa shape index (κ2) is 6.44. The first-order valence-corrected chi connectivity index (χ1v) is 4.92. The van der Waals surface area contributed by atoms with E-state index in [1.54, 1.807) is 6.20 Å². The van der Waals surface area contributed by atoms with Crippen molar-refractivity contribution in [3.8, 4) is 0 Å². The quantitative estimate of drug-likeness (QED) is 0.423. The summed E-state index contributed by atoms with van der Waals surface area (Å²) in [6, 6.07) is 1.29. The number of hydrazine groups is 1. The van der Waals surface area contributed by atoms with Gasteiger partial charge >= 0.3 is 0 Å². The minimum atomic E-state index is -0.357. The zero-order valence-corrected chi connectivity index (χ0v) is 8.74. The molecule has 0 spiro atoms. The summed E-state index contributed by atoms with van der Waals surface area (Å²) in [6.07, 6.45) is 3.45. The molecule has 0 fully saturated rings. The maximum absolute atomic E-state index is 12.9. The van der Waals surface area contributed by atoms with Gasteiger partial charge in [-0.25, -0.2) is 4.39 Å². The minimum Gasteiger partial charge on any atom is -0.382 e. The van der Waals surface area contributed by atoms with Crippen molar-refractivity contribution in [1.82, 2.24) is 10.4 Å². The van der Waals surface area contributed by atoms with E-state index in [9.17, 15) is 4.39 Å². The molecule has 5 heteroatoms. The van der Waals surface area contributed by atoms with Crippen LogP contribution in [0.5, 0.6) is 0 Å². The summed E-state index contributed by atoms with van der Waals surface area (Å²) in [5.74, 6) is 5.02. The highest BCUT2D eigenvalue weighted by molar-refractivity contribution is 5.14. The molecule has 0 bridgehead atoms. The van der Waals surface area contributed by atoms with Crippen LogP contribution in [-0.4, -0.2) is 18.2 Å². The lowest BCUT2D eigenvalue weighted by Gasteiger charge is -2.15. The van der Waals surface area contributed by atoms with Crippen LogP contribution < -0.4 is 11.3 Å². The van der Waals surface area contributed by atoms with Crippen molar-refractivity contribution >= 4 is 0 Å². The monoisotopic (exact) mass is 213 g/mol. The smallest absolute Gasteiger partial charge is 0.141 e. The van der Waals surface area contributed by atoms with E-state index in [0.717, 1.165) is 5.56 Å². The maximum Gasteiger partial charge on any atom is 0.141 e. The third-order valence-electron chi connectivity index (χ3n) is 2.08. The number of hydrogen-bond donors (Lipinski definition) is 2. The fourth-order valence-corrected chi connectivity index (χ4v) is 1.31. The van der Waals surface area contributed by atoms with Gasteiger partial charge in [0.25, 0.3) is 0 Å². The van der Waals surface area contributed by atoms with Crippen LogP contribution in [0.2, 0.25) is 0 Å². The van der Waals surface area contributed by atoms with E-state index in [2.05, 4.69) is 10.4 Å². The van der Waals surface area contributed by atoms with Gasteiger partial charge in [-0.3, -0.25) is 16.3 Å². The number of nitrogens with one attached hydrogen (secondary N) is 1.